The van der Waals surface area contributed by atoms with Crippen LogP contribution in [0.2, 0.25) is 0 Å². The molecule has 8 nitrogen and oxygen atoms in total. The summed E-state index contributed by atoms with van der Waals surface area (Å²) in [6.45, 7) is 2.22. The van der Waals surface area contributed by atoms with Crippen LogP contribution >= 0.6 is 0 Å². The number of nitro benzene ring substituents is 1. The Morgan fingerprint density at radius 3 is 1.85 bits per heavy atom. The fourth-order valence-electron chi connectivity index (χ4n) is 3.83. The SMILES string of the molecule is COc1cc(C(=O)NCC(C)(c2ccccc2)c2ccccc2)c([N+](=O)[O-])c(OC)c1OC. The number of benzene rings is 3. The van der Waals surface area contributed by atoms with Gasteiger partial charge in [-0.1, -0.05) is 60.7 Å². The summed E-state index contributed by atoms with van der Waals surface area (Å²) in [4.78, 5) is 24.5. The number of rotatable bonds is 9. The van der Waals surface area contributed by atoms with Crippen molar-refractivity contribution in [2.75, 3.05) is 27.9 Å². The van der Waals surface area contributed by atoms with Crippen molar-refractivity contribution in [1.29, 1.82) is 0 Å². The Morgan fingerprint density at radius 1 is 0.909 bits per heavy atom. The molecule has 0 aliphatic heterocycles. The third-order valence-electron chi connectivity index (χ3n) is 5.66. The monoisotopic (exact) mass is 450 g/mol. The Hall–Kier alpha value is -4.07. The van der Waals surface area contributed by atoms with Crippen LogP contribution in [0.25, 0.3) is 0 Å². The Balaban J connectivity index is 2.03. The molecule has 0 bridgehead atoms. The number of ether oxygens (including phenoxy) is 3. The molecular formula is C25H26N2O6. The topological polar surface area (TPSA) is 99.9 Å². The molecule has 3 rings (SSSR count). The number of nitrogens with one attached hydrogen (secondary N) is 1. The summed E-state index contributed by atoms with van der Waals surface area (Å²) in [7, 11) is 4.00. The highest BCUT2D eigenvalue weighted by Crippen LogP contribution is 2.46. The lowest BCUT2D eigenvalue weighted by Gasteiger charge is -2.31. The van der Waals surface area contributed by atoms with E-state index in [0.717, 1.165) is 11.1 Å². The van der Waals surface area contributed by atoms with Crippen molar-refractivity contribution in [3.63, 3.8) is 0 Å². The summed E-state index contributed by atoms with van der Waals surface area (Å²) in [5.41, 5.74) is 0.742. The van der Waals surface area contributed by atoms with Gasteiger partial charge in [0.1, 0.15) is 5.56 Å². The minimum absolute atomic E-state index is 0.0432. The first-order valence-electron chi connectivity index (χ1n) is 10.2. The first kappa shape index (κ1) is 23.6. The zero-order chi connectivity index (χ0) is 24.0. The molecule has 0 saturated heterocycles. The largest absolute Gasteiger partial charge is 0.493 e. The molecule has 3 aromatic carbocycles. The Labute approximate surface area is 192 Å². The van der Waals surface area contributed by atoms with Crippen LogP contribution in [0.15, 0.2) is 66.7 Å². The molecule has 0 fully saturated rings. The molecule has 0 aliphatic carbocycles. The lowest BCUT2D eigenvalue weighted by molar-refractivity contribution is -0.386. The van der Waals surface area contributed by atoms with Crippen LogP contribution in [0.3, 0.4) is 0 Å². The van der Waals surface area contributed by atoms with Crippen molar-refractivity contribution in [3.8, 4) is 17.2 Å². The van der Waals surface area contributed by atoms with Gasteiger partial charge in [-0.05, 0) is 18.1 Å². The standard InChI is InChI=1S/C25H26N2O6/c1-25(17-11-7-5-8-12-17,18-13-9-6-10-14-18)16-26-24(28)19-15-20(31-2)22(32-3)23(33-4)21(19)27(29)30/h5-15H,16H2,1-4H3,(H,26,28). The van der Waals surface area contributed by atoms with Crippen molar-refractivity contribution in [2.45, 2.75) is 12.3 Å². The van der Waals surface area contributed by atoms with Crippen LogP contribution in [0.4, 0.5) is 5.69 Å². The molecule has 1 amide bonds. The predicted molar refractivity (Wildman–Crippen MR) is 124 cm³/mol. The van der Waals surface area contributed by atoms with Gasteiger partial charge in [-0.25, -0.2) is 0 Å². The highest BCUT2D eigenvalue weighted by atomic mass is 16.6. The summed E-state index contributed by atoms with van der Waals surface area (Å²) in [6, 6.07) is 20.8. The molecular weight excluding hydrogens is 424 g/mol. The van der Waals surface area contributed by atoms with Crippen molar-refractivity contribution in [3.05, 3.63) is 93.5 Å². The average molecular weight is 450 g/mol. The van der Waals surface area contributed by atoms with E-state index in [1.165, 1.54) is 27.4 Å². The number of nitrogens with zero attached hydrogens (tertiary/aromatic N) is 1. The molecule has 3 aromatic rings. The van der Waals surface area contributed by atoms with Gasteiger partial charge in [-0.3, -0.25) is 14.9 Å². The molecule has 0 aliphatic rings. The number of nitro groups is 1. The number of hydrogen-bond acceptors (Lipinski definition) is 6. The van der Waals surface area contributed by atoms with Crippen molar-refractivity contribution < 1.29 is 23.9 Å². The van der Waals surface area contributed by atoms with E-state index in [-0.39, 0.29) is 29.4 Å². The molecule has 172 valence electrons. The van der Waals surface area contributed by atoms with E-state index in [1.54, 1.807) is 0 Å². The summed E-state index contributed by atoms with van der Waals surface area (Å²) in [5, 5.41) is 14.7. The molecule has 0 saturated carbocycles. The molecule has 33 heavy (non-hydrogen) atoms. The van der Waals surface area contributed by atoms with Gasteiger partial charge in [-0.15, -0.1) is 0 Å². The first-order valence-corrected chi connectivity index (χ1v) is 10.2. The Kier molecular flexibility index (Phi) is 7.17. The maximum Gasteiger partial charge on any atom is 0.327 e. The quantitative estimate of drug-likeness (QED) is 0.384. The molecule has 0 atom stereocenters. The maximum absolute atomic E-state index is 13.2. The van der Waals surface area contributed by atoms with E-state index in [0.29, 0.717) is 0 Å². The van der Waals surface area contributed by atoms with E-state index in [1.807, 2.05) is 67.6 Å². The first-order chi connectivity index (χ1) is 15.9. The molecule has 0 radical (unpaired) electrons. The van der Waals surface area contributed by atoms with Gasteiger partial charge >= 0.3 is 5.69 Å². The minimum Gasteiger partial charge on any atom is -0.493 e. The van der Waals surface area contributed by atoms with E-state index in [4.69, 9.17) is 14.2 Å². The lowest BCUT2D eigenvalue weighted by atomic mass is 9.76. The summed E-state index contributed by atoms with van der Waals surface area (Å²) >= 11 is 0. The summed E-state index contributed by atoms with van der Waals surface area (Å²) < 4.78 is 15.7. The number of carbonyl (C=O) groups excluding carboxylic acids is 1. The minimum atomic E-state index is -0.663. The maximum atomic E-state index is 13.2. The smallest absolute Gasteiger partial charge is 0.327 e. The Morgan fingerprint density at radius 2 is 1.42 bits per heavy atom. The third kappa shape index (κ3) is 4.59. The number of hydrogen-bond donors (Lipinski definition) is 1. The van der Waals surface area contributed by atoms with Crippen LogP contribution in [0.5, 0.6) is 17.2 Å². The normalized spacial score (nSPS) is 10.9. The van der Waals surface area contributed by atoms with E-state index >= 15 is 0 Å². The highest BCUT2D eigenvalue weighted by Gasteiger charge is 2.34. The van der Waals surface area contributed by atoms with Gasteiger partial charge < -0.3 is 19.5 Å². The van der Waals surface area contributed by atoms with Gasteiger partial charge in [0.05, 0.1) is 26.3 Å². The molecule has 0 spiro atoms. The molecule has 1 N–H and O–H groups in total. The summed E-state index contributed by atoms with van der Waals surface area (Å²) in [5.74, 6) is -0.611. The zero-order valence-corrected chi connectivity index (χ0v) is 19.0. The molecule has 0 unspecified atom stereocenters. The van der Waals surface area contributed by atoms with E-state index in [9.17, 15) is 14.9 Å². The average Bonchev–Trinajstić information content (AvgIpc) is 2.86. The highest BCUT2D eigenvalue weighted by molar-refractivity contribution is 6.00. The van der Waals surface area contributed by atoms with Gasteiger partial charge in [0.2, 0.25) is 11.5 Å². The number of methoxy groups -OCH3 is 3. The van der Waals surface area contributed by atoms with Crippen molar-refractivity contribution >= 4 is 11.6 Å². The van der Waals surface area contributed by atoms with Crippen LogP contribution in [0.1, 0.15) is 28.4 Å². The molecule has 8 heteroatoms. The molecule has 0 aromatic heterocycles. The van der Waals surface area contributed by atoms with E-state index < -0.39 is 21.9 Å². The van der Waals surface area contributed by atoms with Gasteiger partial charge in [0.25, 0.3) is 5.91 Å². The van der Waals surface area contributed by atoms with Gasteiger partial charge in [0.15, 0.2) is 5.75 Å². The molecule has 0 heterocycles. The second-order valence-corrected chi connectivity index (χ2v) is 7.55. The fraction of sp³-hybridized carbons (Fsp3) is 0.240. The Bertz CT molecular complexity index is 1090. The fourth-order valence-corrected chi connectivity index (χ4v) is 3.83. The second-order valence-electron chi connectivity index (χ2n) is 7.55. The van der Waals surface area contributed by atoms with Gasteiger partial charge in [0, 0.05) is 18.0 Å². The van der Waals surface area contributed by atoms with Crippen molar-refractivity contribution in [1.82, 2.24) is 5.32 Å². The van der Waals surface area contributed by atoms with Crippen molar-refractivity contribution in [2.24, 2.45) is 0 Å². The number of amides is 1. The zero-order valence-electron chi connectivity index (χ0n) is 19.0. The van der Waals surface area contributed by atoms with E-state index in [2.05, 4.69) is 5.32 Å². The number of carbonyl (C=O) groups is 1. The second kappa shape index (κ2) is 10.0. The van der Waals surface area contributed by atoms with Crippen LogP contribution in [-0.4, -0.2) is 38.7 Å². The van der Waals surface area contributed by atoms with Crippen LogP contribution < -0.4 is 19.5 Å². The van der Waals surface area contributed by atoms with Crippen LogP contribution in [0, 0.1) is 10.1 Å². The van der Waals surface area contributed by atoms with Crippen LogP contribution in [-0.2, 0) is 5.41 Å². The third-order valence-corrected chi connectivity index (χ3v) is 5.66. The lowest BCUT2D eigenvalue weighted by Crippen LogP contribution is -2.39. The summed E-state index contributed by atoms with van der Waals surface area (Å²) in [6.07, 6.45) is 0. The van der Waals surface area contributed by atoms with Gasteiger partial charge in [-0.2, -0.15) is 0 Å². The predicted octanol–water partition coefficient (Wildman–Crippen LogP) is 4.36.